The molecule has 0 bridgehead atoms. The highest BCUT2D eigenvalue weighted by Gasteiger charge is 2.10. The van der Waals surface area contributed by atoms with Crippen molar-refractivity contribution in [2.75, 3.05) is 6.54 Å². The fourth-order valence-electron chi connectivity index (χ4n) is 1.91. The van der Waals surface area contributed by atoms with E-state index in [0.29, 0.717) is 6.04 Å². The van der Waals surface area contributed by atoms with Crippen LogP contribution in [-0.4, -0.2) is 12.6 Å². The first kappa shape index (κ1) is 13.9. The molecule has 0 fully saturated rings. The van der Waals surface area contributed by atoms with Gasteiger partial charge in [0.25, 0.3) is 0 Å². The van der Waals surface area contributed by atoms with E-state index < -0.39 is 0 Å². The first-order chi connectivity index (χ1) is 6.74. The monoisotopic (exact) mass is 200 g/mol. The lowest BCUT2D eigenvalue weighted by Crippen LogP contribution is -2.24. The van der Waals surface area contributed by atoms with Crippen molar-refractivity contribution in [3.05, 3.63) is 0 Å². The molecule has 86 valence electrons. The number of hydrogen-bond donors (Lipinski definition) is 2. The van der Waals surface area contributed by atoms with E-state index in [1.807, 2.05) is 0 Å². The molecular weight excluding hydrogens is 172 g/mol. The normalized spacial score (nSPS) is 15.4. The molecule has 0 aliphatic carbocycles. The number of nitrogens with two attached hydrogens (primary N) is 2. The van der Waals surface area contributed by atoms with Gasteiger partial charge in [0, 0.05) is 6.04 Å². The van der Waals surface area contributed by atoms with Crippen LogP contribution in [0.25, 0.3) is 0 Å². The van der Waals surface area contributed by atoms with Gasteiger partial charge in [0.2, 0.25) is 0 Å². The molecule has 0 aromatic heterocycles. The Hall–Kier alpha value is -0.0800. The Kier molecular flexibility index (Phi) is 9.42. The summed E-state index contributed by atoms with van der Waals surface area (Å²) in [7, 11) is 0. The second kappa shape index (κ2) is 9.47. The van der Waals surface area contributed by atoms with Gasteiger partial charge in [-0.2, -0.15) is 0 Å². The summed E-state index contributed by atoms with van der Waals surface area (Å²) < 4.78 is 0. The third-order valence-corrected chi connectivity index (χ3v) is 2.96. The topological polar surface area (TPSA) is 52.0 Å². The van der Waals surface area contributed by atoms with Gasteiger partial charge in [0.05, 0.1) is 0 Å². The van der Waals surface area contributed by atoms with E-state index in [0.717, 1.165) is 25.3 Å². The number of hydrogen-bond acceptors (Lipinski definition) is 2. The molecule has 2 unspecified atom stereocenters. The maximum atomic E-state index is 6.05. The maximum absolute atomic E-state index is 6.05. The predicted molar refractivity (Wildman–Crippen MR) is 64.2 cm³/mol. The van der Waals surface area contributed by atoms with Crippen LogP contribution in [0.3, 0.4) is 0 Å². The van der Waals surface area contributed by atoms with Crippen LogP contribution in [0, 0.1) is 5.92 Å². The molecule has 0 saturated carbocycles. The van der Waals surface area contributed by atoms with Crippen LogP contribution in [0.2, 0.25) is 0 Å². The van der Waals surface area contributed by atoms with Crippen molar-refractivity contribution in [2.45, 2.75) is 64.8 Å². The zero-order valence-electron chi connectivity index (χ0n) is 9.97. The zero-order chi connectivity index (χ0) is 10.8. The molecule has 0 aliphatic heterocycles. The van der Waals surface area contributed by atoms with Gasteiger partial charge in [0.15, 0.2) is 0 Å². The van der Waals surface area contributed by atoms with E-state index in [-0.39, 0.29) is 0 Å². The van der Waals surface area contributed by atoms with Crippen LogP contribution in [-0.2, 0) is 0 Å². The molecule has 0 amide bonds. The Balaban J connectivity index is 3.57. The highest BCUT2D eigenvalue weighted by atomic mass is 14.6. The molecule has 0 aliphatic rings. The van der Waals surface area contributed by atoms with Gasteiger partial charge in [-0.3, -0.25) is 0 Å². The van der Waals surface area contributed by atoms with Crippen LogP contribution in [0.4, 0.5) is 0 Å². The van der Waals surface area contributed by atoms with E-state index in [2.05, 4.69) is 13.8 Å². The summed E-state index contributed by atoms with van der Waals surface area (Å²) in [6.45, 7) is 5.30. The van der Waals surface area contributed by atoms with Crippen LogP contribution in [0.15, 0.2) is 0 Å². The summed E-state index contributed by atoms with van der Waals surface area (Å²) in [5.74, 6) is 0.836. The largest absolute Gasteiger partial charge is 0.330 e. The van der Waals surface area contributed by atoms with Crippen molar-refractivity contribution in [1.29, 1.82) is 0 Å². The molecule has 0 aromatic carbocycles. The minimum Gasteiger partial charge on any atom is -0.330 e. The van der Waals surface area contributed by atoms with Crippen LogP contribution < -0.4 is 11.5 Å². The first-order valence-corrected chi connectivity index (χ1v) is 6.20. The van der Waals surface area contributed by atoms with Gasteiger partial charge in [-0.1, -0.05) is 39.5 Å². The van der Waals surface area contributed by atoms with Crippen molar-refractivity contribution >= 4 is 0 Å². The van der Waals surface area contributed by atoms with Gasteiger partial charge in [-0.15, -0.1) is 0 Å². The summed E-state index contributed by atoms with van der Waals surface area (Å²) in [6.07, 6.45) is 8.64. The third-order valence-electron chi connectivity index (χ3n) is 2.96. The number of rotatable bonds is 9. The van der Waals surface area contributed by atoms with Gasteiger partial charge < -0.3 is 11.5 Å². The molecule has 4 N–H and O–H groups in total. The molecule has 14 heavy (non-hydrogen) atoms. The Bertz CT molecular complexity index is 115. The average Bonchev–Trinajstić information content (AvgIpc) is 2.21. The lowest BCUT2D eigenvalue weighted by atomic mass is 9.91. The minimum absolute atomic E-state index is 0.375. The molecule has 0 aromatic rings. The SMILES string of the molecule is CCCCC(CC)CC(N)CCCN. The van der Waals surface area contributed by atoms with Crippen molar-refractivity contribution in [3.63, 3.8) is 0 Å². The summed E-state index contributed by atoms with van der Waals surface area (Å²) in [6, 6.07) is 0.375. The summed E-state index contributed by atoms with van der Waals surface area (Å²) in [5.41, 5.74) is 11.5. The van der Waals surface area contributed by atoms with Crippen molar-refractivity contribution < 1.29 is 0 Å². The zero-order valence-corrected chi connectivity index (χ0v) is 9.97. The molecular formula is C12H28N2. The minimum atomic E-state index is 0.375. The Morgan fingerprint density at radius 3 is 2.29 bits per heavy atom. The van der Waals surface area contributed by atoms with E-state index in [1.54, 1.807) is 0 Å². The standard InChI is InChI=1S/C12H28N2/c1-3-5-7-11(4-2)10-12(14)8-6-9-13/h11-12H,3-10,13-14H2,1-2H3. The molecule has 2 atom stereocenters. The molecule has 0 heterocycles. The molecule has 0 saturated heterocycles. The third kappa shape index (κ3) is 7.34. The smallest absolute Gasteiger partial charge is 0.00419 e. The number of unbranched alkanes of at least 4 members (excludes halogenated alkanes) is 1. The van der Waals surface area contributed by atoms with E-state index in [9.17, 15) is 0 Å². The molecule has 0 spiro atoms. The maximum Gasteiger partial charge on any atom is 0.00419 e. The second-order valence-corrected chi connectivity index (χ2v) is 4.34. The van der Waals surface area contributed by atoms with Gasteiger partial charge in [-0.05, 0) is 31.7 Å². The molecule has 2 nitrogen and oxygen atoms in total. The molecule has 0 rings (SSSR count). The van der Waals surface area contributed by atoms with Gasteiger partial charge >= 0.3 is 0 Å². The van der Waals surface area contributed by atoms with Crippen molar-refractivity contribution in [2.24, 2.45) is 17.4 Å². The highest BCUT2D eigenvalue weighted by molar-refractivity contribution is 4.68. The van der Waals surface area contributed by atoms with Crippen LogP contribution in [0.1, 0.15) is 58.8 Å². The Morgan fingerprint density at radius 1 is 1.07 bits per heavy atom. The van der Waals surface area contributed by atoms with Crippen LogP contribution in [0.5, 0.6) is 0 Å². The van der Waals surface area contributed by atoms with Crippen molar-refractivity contribution in [3.8, 4) is 0 Å². The highest BCUT2D eigenvalue weighted by Crippen LogP contribution is 2.19. The van der Waals surface area contributed by atoms with Crippen molar-refractivity contribution in [1.82, 2.24) is 0 Å². The quantitative estimate of drug-likeness (QED) is 0.601. The fourth-order valence-corrected chi connectivity index (χ4v) is 1.91. The van der Waals surface area contributed by atoms with Crippen LogP contribution >= 0.6 is 0 Å². The van der Waals surface area contributed by atoms with E-state index in [4.69, 9.17) is 11.5 Å². The first-order valence-electron chi connectivity index (χ1n) is 6.20. The lowest BCUT2D eigenvalue weighted by molar-refractivity contribution is 0.372. The van der Waals surface area contributed by atoms with E-state index in [1.165, 1.54) is 32.1 Å². The van der Waals surface area contributed by atoms with Gasteiger partial charge in [0.1, 0.15) is 0 Å². The fraction of sp³-hybridized carbons (Fsp3) is 1.00. The second-order valence-electron chi connectivity index (χ2n) is 4.34. The summed E-state index contributed by atoms with van der Waals surface area (Å²) in [5, 5.41) is 0. The summed E-state index contributed by atoms with van der Waals surface area (Å²) in [4.78, 5) is 0. The Labute approximate surface area is 89.4 Å². The average molecular weight is 200 g/mol. The molecule has 0 radical (unpaired) electrons. The Morgan fingerprint density at radius 2 is 1.79 bits per heavy atom. The lowest BCUT2D eigenvalue weighted by Gasteiger charge is -2.19. The molecule has 2 heteroatoms. The predicted octanol–water partition coefficient (Wildman–Crippen LogP) is 2.66. The van der Waals surface area contributed by atoms with E-state index >= 15 is 0 Å². The van der Waals surface area contributed by atoms with Gasteiger partial charge in [-0.25, -0.2) is 0 Å². The summed E-state index contributed by atoms with van der Waals surface area (Å²) >= 11 is 0.